The van der Waals surface area contributed by atoms with Crippen molar-refractivity contribution in [2.45, 2.75) is 6.42 Å². The van der Waals surface area contributed by atoms with Crippen molar-refractivity contribution in [3.05, 3.63) is 46.4 Å². The molecule has 0 spiro atoms. The Kier molecular flexibility index (Phi) is 2.51. The zero-order valence-electron chi connectivity index (χ0n) is 7.50. The maximum absolute atomic E-state index is 8.65. The molecule has 0 heterocycles. The van der Waals surface area contributed by atoms with Gasteiger partial charge in [-0.05, 0) is 28.5 Å². The van der Waals surface area contributed by atoms with E-state index in [0.717, 1.165) is 10.0 Å². The summed E-state index contributed by atoms with van der Waals surface area (Å²) in [5, 5.41) is 11.0. The van der Waals surface area contributed by atoms with Crippen LogP contribution < -0.4 is 0 Å². The Morgan fingerprint density at radius 2 is 1.79 bits per heavy atom. The fourth-order valence-electron chi connectivity index (χ4n) is 1.48. The van der Waals surface area contributed by atoms with Gasteiger partial charge >= 0.3 is 0 Å². The van der Waals surface area contributed by atoms with Crippen LogP contribution in [0, 0.1) is 11.3 Å². The number of hydrogen-bond donors (Lipinski definition) is 0. The number of halogens is 1. The van der Waals surface area contributed by atoms with Gasteiger partial charge in [0.25, 0.3) is 0 Å². The van der Waals surface area contributed by atoms with Gasteiger partial charge in [0.15, 0.2) is 0 Å². The predicted molar refractivity (Wildman–Crippen MR) is 61.0 cm³/mol. The first-order chi connectivity index (χ1) is 6.81. The summed E-state index contributed by atoms with van der Waals surface area (Å²) < 4.78 is 1.01. The van der Waals surface area contributed by atoms with E-state index >= 15 is 0 Å². The van der Waals surface area contributed by atoms with Crippen LogP contribution in [0.3, 0.4) is 0 Å². The number of hydrogen-bond acceptors (Lipinski definition) is 1. The molecular weight excluding hydrogens is 238 g/mol. The molecule has 0 radical (unpaired) electrons. The molecule has 0 atom stereocenters. The third-order valence-electron chi connectivity index (χ3n) is 2.18. The molecule has 2 heteroatoms. The number of benzene rings is 2. The van der Waals surface area contributed by atoms with E-state index in [1.165, 1.54) is 10.8 Å². The van der Waals surface area contributed by atoms with Gasteiger partial charge in [-0.25, -0.2) is 0 Å². The molecule has 1 nitrogen and oxygen atoms in total. The van der Waals surface area contributed by atoms with Gasteiger partial charge in [0.1, 0.15) is 0 Å². The summed E-state index contributed by atoms with van der Waals surface area (Å²) in [7, 11) is 0. The van der Waals surface area contributed by atoms with Crippen LogP contribution in [0.15, 0.2) is 40.9 Å². The molecule has 0 saturated carbocycles. The van der Waals surface area contributed by atoms with E-state index in [0.29, 0.717) is 6.42 Å². The average molecular weight is 246 g/mol. The van der Waals surface area contributed by atoms with E-state index in [9.17, 15) is 0 Å². The lowest BCUT2D eigenvalue weighted by Gasteiger charge is -2.03. The van der Waals surface area contributed by atoms with Gasteiger partial charge in [0.05, 0.1) is 12.5 Å². The van der Waals surface area contributed by atoms with E-state index in [1.807, 2.05) is 12.1 Å². The molecular formula is C12H8BrN. The highest BCUT2D eigenvalue weighted by molar-refractivity contribution is 9.10. The Bertz CT molecular complexity index is 511. The molecule has 0 saturated heterocycles. The van der Waals surface area contributed by atoms with Gasteiger partial charge in [-0.2, -0.15) is 5.26 Å². The fourth-order valence-corrected chi connectivity index (χ4v) is 1.98. The normalized spacial score (nSPS) is 10.0. The topological polar surface area (TPSA) is 23.8 Å². The number of nitrogens with zero attached hydrogens (tertiary/aromatic N) is 1. The van der Waals surface area contributed by atoms with Gasteiger partial charge in [0, 0.05) is 4.47 Å². The van der Waals surface area contributed by atoms with Gasteiger partial charge in [0.2, 0.25) is 0 Å². The summed E-state index contributed by atoms with van der Waals surface area (Å²) in [6, 6.07) is 14.4. The van der Waals surface area contributed by atoms with Gasteiger partial charge in [-0.1, -0.05) is 40.2 Å². The van der Waals surface area contributed by atoms with Crippen LogP contribution in [-0.2, 0) is 6.42 Å². The minimum absolute atomic E-state index is 0.450. The second kappa shape index (κ2) is 3.81. The molecule has 0 N–H and O–H groups in total. The van der Waals surface area contributed by atoms with Crippen LogP contribution in [0.4, 0.5) is 0 Å². The van der Waals surface area contributed by atoms with Crippen LogP contribution in [-0.4, -0.2) is 0 Å². The van der Waals surface area contributed by atoms with Crippen LogP contribution in [0.2, 0.25) is 0 Å². The first-order valence-electron chi connectivity index (χ1n) is 4.35. The summed E-state index contributed by atoms with van der Waals surface area (Å²) >= 11 is 3.47. The molecule has 0 bridgehead atoms. The summed E-state index contributed by atoms with van der Waals surface area (Å²) in [4.78, 5) is 0. The van der Waals surface area contributed by atoms with Crippen molar-refractivity contribution < 1.29 is 0 Å². The van der Waals surface area contributed by atoms with Crippen molar-refractivity contribution in [1.82, 2.24) is 0 Å². The summed E-state index contributed by atoms with van der Waals surface area (Å²) in [6.45, 7) is 0. The molecule has 0 aliphatic rings. The molecule has 0 fully saturated rings. The largest absolute Gasteiger partial charge is 0.198 e. The van der Waals surface area contributed by atoms with E-state index in [1.54, 1.807) is 0 Å². The maximum atomic E-state index is 8.65. The van der Waals surface area contributed by atoms with Crippen molar-refractivity contribution in [3.63, 3.8) is 0 Å². The fraction of sp³-hybridized carbons (Fsp3) is 0.0833. The first kappa shape index (κ1) is 9.23. The zero-order valence-corrected chi connectivity index (χ0v) is 9.08. The van der Waals surface area contributed by atoms with E-state index < -0.39 is 0 Å². The summed E-state index contributed by atoms with van der Waals surface area (Å²) in [6.07, 6.45) is 0.450. The van der Waals surface area contributed by atoms with Crippen molar-refractivity contribution in [2.75, 3.05) is 0 Å². The molecule has 0 amide bonds. The van der Waals surface area contributed by atoms with Gasteiger partial charge < -0.3 is 0 Å². The molecule has 0 aliphatic carbocycles. The summed E-state index contributed by atoms with van der Waals surface area (Å²) in [5.41, 5.74) is 1.05. The van der Waals surface area contributed by atoms with Crippen LogP contribution >= 0.6 is 15.9 Å². The highest BCUT2D eigenvalue weighted by Gasteiger charge is 2.01. The molecule has 0 unspecified atom stereocenters. The quantitative estimate of drug-likeness (QED) is 0.753. The monoisotopic (exact) mass is 245 g/mol. The van der Waals surface area contributed by atoms with Gasteiger partial charge in [-0.15, -0.1) is 0 Å². The second-order valence-corrected chi connectivity index (χ2v) is 3.98. The molecule has 0 aromatic heterocycles. The van der Waals surface area contributed by atoms with E-state index in [-0.39, 0.29) is 0 Å². The lowest BCUT2D eigenvalue weighted by Crippen LogP contribution is -1.84. The lowest BCUT2D eigenvalue weighted by molar-refractivity contribution is 1.26. The molecule has 2 rings (SSSR count). The van der Waals surface area contributed by atoms with Crippen molar-refractivity contribution >= 4 is 26.7 Å². The predicted octanol–water partition coefficient (Wildman–Crippen LogP) is 3.67. The summed E-state index contributed by atoms with van der Waals surface area (Å²) in [5.74, 6) is 0. The Hall–Kier alpha value is -1.33. The third-order valence-corrected chi connectivity index (χ3v) is 2.92. The number of rotatable bonds is 1. The van der Waals surface area contributed by atoms with Crippen molar-refractivity contribution in [3.8, 4) is 6.07 Å². The minimum atomic E-state index is 0.450. The maximum Gasteiger partial charge on any atom is 0.0670 e. The van der Waals surface area contributed by atoms with Crippen LogP contribution in [0.5, 0.6) is 0 Å². The minimum Gasteiger partial charge on any atom is -0.198 e. The Balaban J connectivity index is 2.66. The van der Waals surface area contributed by atoms with E-state index in [2.05, 4.69) is 46.3 Å². The smallest absolute Gasteiger partial charge is 0.0670 e. The SMILES string of the molecule is N#CCc1cc2ccccc2cc1Br. The highest BCUT2D eigenvalue weighted by Crippen LogP contribution is 2.24. The Labute approximate surface area is 91.1 Å². The first-order valence-corrected chi connectivity index (χ1v) is 5.14. The number of fused-ring (bicyclic) bond motifs is 1. The second-order valence-electron chi connectivity index (χ2n) is 3.13. The zero-order chi connectivity index (χ0) is 9.97. The molecule has 2 aromatic rings. The standard InChI is InChI=1S/C12H8BrN/c13-12-8-10-4-2-1-3-9(10)7-11(12)5-6-14/h1-4,7-8H,5H2. The molecule has 68 valence electrons. The average Bonchev–Trinajstić information content (AvgIpc) is 2.19. The van der Waals surface area contributed by atoms with Gasteiger partial charge in [-0.3, -0.25) is 0 Å². The Morgan fingerprint density at radius 3 is 2.43 bits per heavy atom. The molecule has 14 heavy (non-hydrogen) atoms. The lowest BCUT2D eigenvalue weighted by atomic mass is 10.1. The van der Waals surface area contributed by atoms with Crippen molar-refractivity contribution in [2.24, 2.45) is 0 Å². The van der Waals surface area contributed by atoms with Crippen LogP contribution in [0.1, 0.15) is 5.56 Å². The third kappa shape index (κ3) is 1.64. The van der Waals surface area contributed by atoms with E-state index in [4.69, 9.17) is 5.26 Å². The van der Waals surface area contributed by atoms with Crippen molar-refractivity contribution in [1.29, 1.82) is 5.26 Å². The molecule has 0 aliphatic heterocycles. The number of nitriles is 1. The van der Waals surface area contributed by atoms with Crippen LogP contribution in [0.25, 0.3) is 10.8 Å². The Morgan fingerprint density at radius 1 is 1.14 bits per heavy atom. The highest BCUT2D eigenvalue weighted by atomic mass is 79.9. The molecule has 2 aromatic carbocycles.